The molecule has 0 aromatic heterocycles. The van der Waals surface area contributed by atoms with Gasteiger partial charge in [-0.05, 0) is 24.5 Å². The molecule has 0 radical (unpaired) electrons. The van der Waals surface area contributed by atoms with E-state index in [1.54, 1.807) is 11.0 Å². The van der Waals surface area contributed by atoms with Crippen molar-refractivity contribution in [3.63, 3.8) is 0 Å². The number of hydrogen-bond donors (Lipinski definition) is 1. The predicted octanol–water partition coefficient (Wildman–Crippen LogP) is 2.04. The fourth-order valence-electron chi connectivity index (χ4n) is 2.22. The van der Waals surface area contributed by atoms with Gasteiger partial charge in [-0.1, -0.05) is 6.92 Å². The van der Waals surface area contributed by atoms with Gasteiger partial charge in [-0.25, -0.2) is 8.78 Å². The van der Waals surface area contributed by atoms with E-state index in [1.165, 1.54) is 12.1 Å². The molecule has 2 atom stereocenters. The van der Waals surface area contributed by atoms with Crippen LogP contribution in [0.5, 0.6) is 0 Å². The predicted molar refractivity (Wildman–Crippen MR) is 63.1 cm³/mol. The van der Waals surface area contributed by atoms with Crippen LogP contribution >= 0.6 is 0 Å². The third kappa shape index (κ3) is 2.16. The number of rotatable bonds is 1. The van der Waals surface area contributed by atoms with Crippen molar-refractivity contribution in [2.45, 2.75) is 19.4 Å². The van der Waals surface area contributed by atoms with Crippen molar-refractivity contribution in [3.05, 3.63) is 29.3 Å². The van der Waals surface area contributed by atoms with Gasteiger partial charge in [0.2, 0.25) is 0 Å². The Hall–Kier alpha value is -1.67. The van der Waals surface area contributed by atoms with Gasteiger partial charge in [0.1, 0.15) is 6.07 Å². The molecule has 0 saturated carbocycles. The highest BCUT2D eigenvalue weighted by Crippen LogP contribution is 2.28. The van der Waals surface area contributed by atoms with Gasteiger partial charge in [-0.15, -0.1) is 0 Å². The molecule has 1 N–H and O–H groups in total. The van der Waals surface area contributed by atoms with Gasteiger partial charge < -0.3 is 10.0 Å². The Balaban J connectivity index is 2.30. The largest absolute Gasteiger partial charge is 0.393 e. The van der Waals surface area contributed by atoms with E-state index in [0.717, 1.165) is 0 Å². The Kier molecular flexibility index (Phi) is 3.48. The number of nitriles is 1. The van der Waals surface area contributed by atoms with E-state index in [-0.39, 0.29) is 17.2 Å². The van der Waals surface area contributed by atoms with Gasteiger partial charge in [-0.2, -0.15) is 5.26 Å². The third-order valence-corrected chi connectivity index (χ3v) is 3.38. The standard InChI is InChI=1S/C13H14F2N2O/c1-8-7-17(5-4-11(8)18)10-3-2-9(6-16)12(14)13(10)15/h2-3,8,11,18H,4-5,7H2,1H3. The number of piperidine rings is 1. The van der Waals surface area contributed by atoms with Crippen LogP contribution in [0.1, 0.15) is 18.9 Å². The Morgan fingerprint density at radius 1 is 1.39 bits per heavy atom. The summed E-state index contributed by atoms with van der Waals surface area (Å²) in [6, 6.07) is 4.31. The molecule has 1 aromatic rings. The Bertz CT molecular complexity index is 498. The lowest BCUT2D eigenvalue weighted by Crippen LogP contribution is -2.42. The zero-order chi connectivity index (χ0) is 13.3. The zero-order valence-corrected chi connectivity index (χ0v) is 10.0. The second-order valence-corrected chi connectivity index (χ2v) is 4.65. The Morgan fingerprint density at radius 3 is 2.72 bits per heavy atom. The highest BCUT2D eigenvalue weighted by atomic mass is 19.2. The van der Waals surface area contributed by atoms with Crippen LogP contribution in [-0.4, -0.2) is 24.3 Å². The van der Waals surface area contributed by atoms with Gasteiger partial charge in [0.25, 0.3) is 0 Å². The van der Waals surface area contributed by atoms with Gasteiger partial charge >= 0.3 is 0 Å². The van der Waals surface area contributed by atoms with Crippen molar-refractivity contribution in [1.29, 1.82) is 5.26 Å². The van der Waals surface area contributed by atoms with Crippen LogP contribution in [0.2, 0.25) is 0 Å². The van der Waals surface area contributed by atoms with E-state index in [4.69, 9.17) is 5.26 Å². The van der Waals surface area contributed by atoms with Crippen LogP contribution in [0, 0.1) is 28.9 Å². The smallest absolute Gasteiger partial charge is 0.183 e. The van der Waals surface area contributed by atoms with Gasteiger partial charge in [0.05, 0.1) is 17.4 Å². The summed E-state index contributed by atoms with van der Waals surface area (Å²) < 4.78 is 27.3. The lowest BCUT2D eigenvalue weighted by atomic mass is 9.96. The first kappa shape index (κ1) is 12.8. The summed E-state index contributed by atoms with van der Waals surface area (Å²) in [6.07, 6.45) is 0.134. The summed E-state index contributed by atoms with van der Waals surface area (Å²) in [5, 5.41) is 18.2. The van der Waals surface area contributed by atoms with Crippen LogP contribution < -0.4 is 4.90 Å². The zero-order valence-electron chi connectivity index (χ0n) is 10.0. The summed E-state index contributed by atoms with van der Waals surface area (Å²) in [4.78, 5) is 1.71. The molecular formula is C13H14F2N2O. The van der Waals surface area contributed by atoms with Gasteiger partial charge in [0.15, 0.2) is 11.6 Å². The normalized spacial score (nSPS) is 23.8. The molecule has 1 aliphatic heterocycles. The fraction of sp³-hybridized carbons (Fsp3) is 0.462. The molecule has 96 valence electrons. The number of anilines is 1. The molecule has 1 aromatic carbocycles. The Morgan fingerprint density at radius 2 is 2.11 bits per heavy atom. The van der Waals surface area contributed by atoms with E-state index in [0.29, 0.717) is 19.5 Å². The van der Waals surface area contributed by atoms with Crippen molar-refractivity contribution in [2.24, 2.45) is 5.92 Å². The number of nitrogens with zero attached hydrogens (tertiary/aromatic N) is 2. The summed E-state index contributed by atoms with van der Waals surface area (Å²) in [5.74, 6) is -2.08. The van der Waals surface area contributed by atoms with E-state index >= 15 is 0 Å². The summed E-state index contributed by atoms with van der Waals surface area (Å²) in [7, 11) is 0. The molecule has 0 bridgehead atoms. The number of halogens is 2. The maximum absolute atomic E-state index is 13.8. The molecule has 0 amide bonds. The molecular weight excluding hydrogens is 238 g/mol. The van der Waals surface area contributed by atoms with Crippen molar-refractivity contribution in [1.82, 2.24) is 0 Å². The van der Waals surface area contributed by atoms with Gasteiger partial charge in [0, 0.05) is 13.1 Å². The average Bonchev–Trinajstić information content (AvgIpc) is 2.36. The minimum absolute atomic E-state index is 0.0110. The van der Waals surface area contributed by atoms with E-state index < -0.39 is 17.7 Å². The van der Waals surface area contributed by atoms with Gasteiger partial charge in [-0.3, -0.25) is 0 Å². The van der Waals surface area contributed by atoms with Crippen molar-refractivity contribution < 1.29 is 13.9 Å². The molecule has 0 spiro atoms. The first-order valence-corrected chi connectivity index (χ1v) is 5.85. The maximum atomic E-state index is 13.8. The quantitative estimate of drug-likeness (QED) is 0.832. The number of benzene rings is 1. The first-order valence-electron chi connectivity index (χ1n) is 5.85. The van der Waals surface area contributed by atoms with Crippen LogP contribution in [0.15, 0.2) is 12.1 Å². The highest BCUT2D eigenvalue weighted by Gasteiger charge is 2.27. The number of hydrogen-bond acceptors (Lipinski definition) is 3. The molecule has 1 heterocycles. The van der Waals surface area contributed by atoms with Crippen molar-refractivity contribution in [3.8, 4) is 6.07 Å². The lowest BCUT2D eigenvalue weighted by molar-refractivity contribution is 0.0968. The molecule has 2 rings (SSSR count). The summed E-state index contributed by atoms with van der Waals surface area (Å²) in [6.45, 7) is 2.83. The second kappa shape index (κ2) is 4.91. The number of aliphatic hydroxyl groups is 1. The molecule has 3 nitrogen and oxygen atoms in total. The van der Waals surface area contributed by atoms with Crippen LogP contribution in [0.25, 0.3) is 0 Å². The molecule has 5 heteroatoms. The average molecular weight is 252 g/mol. The van der Waals surface area contributed by atoms with Crippen molar-refractivity contribution >= 4 is 5.69 Å². The monoisotopic (exact) mass is 252 g/mol. The van der Waals surface area contributed by atoms with Crippen LogP contribution in [0.4, 0.5) is 14.5 Å². The molecule has 1 saturated heterocycles. The van der Waals surface area contributed by atoms with E-state index in [9.17, 15) is 13.9 Å². The third-order valence-electron chi connectivity index (χ3n) is 3.38. The van der Waals surface area contributed by atoms with Crippen molar-refractivity contribution in [2.75, 3.05) is 18.0 Å². The molecule has 1 fully saturated rings. The van der Waals surface area contributed by atoms with Crippen LogP contribution in [0.3, 0.4) is 0 Å². The molecule has 1 aliphatic rings. The molecule has 0 aliphatic carbocycles. The first-order chi connectivity index (χ1) is 8.54. The highest BCUT2D eigenvalue weighted by molar-refractivity contribution is 5.52. The Labute approximate surface area is 104 Å². The SMILES string of the molecule is CC1CN(c2ccc(C#N)c(F)c2F)CCC1O. The summed E-state index contributed by atoms with van der Waals surface area (Å²) >= 11 is 0. The molecule has 2 unspecified atom stereocenters. The summed E-state index contributed by atoms with van der Waals surface area (Å²) in [5.41, 5.74) is -0.133. The second-order valence-electron chi connectivity index (χ2n) is 4.65. The van der Waals surface area contributed by atoms with E-state index in [1.807, 2.05) is 6.92 Å². The lowest BCUT2D eigenvalue weighted by Gasteiger charge is -2.36. The number of aliphatic hydroxyl groups excluding tert-OH is 1. The maximum Gasteiger partial charge on any atom is 0.183 e. The van der Waals surface area contributed by atoms with E-state index in [2.05, 4.69) is 0 Å². The minimum Gasteiger partial charge on any atom is -0.393 e. The van der Waals surface area contributed by atoms with Crippen LogP contribution in [-0.2, 0) is 0 Å². The fourth-order valence-corrected chi connectivity index (χ4v) is 2.22. The molecule has 18 heavy (non-hydrogen) atoms. The minimum atomic E-state index is -1.10. The topological polar surface area (TPSA) is 47.3 Å².